The van der Waals surface area contributed by atoms with Crippen LogP contribution in [0.2, 0.25) is 0 Å². The second kappa shape index (κ2) is 5.55. The Morgan fingerprint density at radius 3 is 2.53 bits per heavy atom. The number of rotatable bonds is 4. The van der Waals surface area contributed by atoms with Crippen LogP contribution in [0.15, 0.2) is 42.7 Å². The third kappa shape index (κ3) is 3.11. The summed E-state index contributed by atoms with van der Waals surface area (Å²) in [5.41, 5.74) is 2.75. The maximum Gasteiger partial charge on any atom is 0.127 e. The fraction of sp³-hybridized carbons (Fsp3) is 0.214. The van der Waals surface area contributed by atoms with Gasteiger partial charge in [-0.25, -0.2) is 4.39 Å². The summed E-state index contributed by atoms with van der Waals surface area (Å²) >= 11 is 0. The van der Waals surface area contributed by atoms with Crippen molar-refractivity contribution >= 4 is 0 Å². The van der Waals surface area contributed by atoms with Crippen LogP contribution in [-0.4, -0.2) is 12.0 Å². The van der Waals surface area contributed by atoms with E-state index < -0.39 is 0 Å². The quantitative estimate of drug-likeness (QED) is 0.873. The molecular formula is C14H15FN2. The van der Waals surface area contributed by atoms with Gasteiger partial charge in [0.2, 0.25) is 0 Å². The van der Waals surface area contributed by atoms with Gasteiger partial charge in [0, 0.05) is 25.4 Å². The summed E-state index contributed by atoms with van der Waals surface area (Å²) < 4.78 is 13.8. The van der Waals surface area contributed by atoms with Crippen molar-refractivity contribution in [1.82, 2.24) is 10.3 Å². The average Bonchev–Trinajstić information content (AvgIpc) is 2.34. The summed E-state index contributed by atoms with van der Waals surface area (Å²) in [7, 11) is 1.85. The second-order valence-corrected chi connectivity index (χ2v) is 3.99. The van der Waals surface area contributed by atoms with Gasteiger partial charge in [0.15, 0.2) is 0 Å². The van der Waals surface area contributed by atoms with Crippen LogP contribution in [0, 0.1) is 5.82 Å². The molecule has 3 heteroatoms. The Labute approximate surface area is 101 Å². The number of nitrogens with one attached hydrogen (secondary N) is 1. The Morgan fingerprint density at radius 1 is 1.12 bits per heavy atom. The predicted molar refractivity (Wildman–Crippen MR) is 66.2 cm³/mol. The minimum atomic E-state index is -0.144. The monoisotopic (exact) mass is 230 g/mol. The van der Waals surface area contributed by atoms with Crippen LogP contribution in [0.25, 0.3) is 0 Å². The molecule has 2 rings (SSSR count). The van der Waals surface area contributed by atoms with Gasteiger partial charge in [-0.3, -0.25) is 4.98 Å². The van der Waals surface area contributed by atoms with E-state index in [1.165, 1.54) is 0 Å². The molecule has 1 heterocycles. The summed E-state index contributed by atoms with van der Waals surface area (Å²) in [6, 6.07) is 9.20. The number of aromatic nitrogens is 1. The standard InChI is InChI=1S/C14H15FN2/c1-16-10-12-2-3-13(14(15)9-12)8-11-4-6-17-7-5-11/h2-7,9,16H,8,10H2,1H3. The van der Waals surface area contributed by atoms with E-state index in [2.05, 4.69) is 10.3 Å². The Balaban J connectivity index is 2.17. The summed E-state index contributed by atoms with van der Waals surface area (Å²) in [6.45, 7) is 0.687. The predicted octanol–water partition coefficient (Wildman–Crippen LogP) is 2.53. The lowest BCUT2D eigenvalue weighted by Crippen LogP contribution is -2.05. The van der Waals surface area contributed by atoms with Crippen LogP contribution in [-0.2, 0) is 13.0 Å². The number of nitrogens with zero attached hydrogens (tertiary/aromatic N) is 1. The van der Waals surface area contributed by atoms with E-state index in [1.807, 2.05) is 31.3 Å². The molecule has 0 unspecified atom stereocenters. The third-order valence-corrected chi connectivity index (χ3v) is 2.64. The molecule has 0 spiro atoms. The van der Waals surface area contributed by atoms with Crippen molar-refractivity contribution in [3.8, 4) is 0 Å². The van der Waals surface area contributed by atoms with E-state index in [1.54, 1.807) is 18.5 Å². The van der Waals surface area contributed by atoms with Crippen molar-refractivity contribution in [3.63, 3.8) is 0 Å². The molecule has 0 radical (unpaired) electrons. The first-order chi connectivity index (χ1) is 8.29. The van der Waals surface area contributed by atoms with Gasteiger partial charge < -0.3 is 5.32 Å². The molecule has 0 amide bonds. The lowest BCUT2D eigenvalue weighted by atomic mass is 10.0. The zero-order valence-corrected chi connectivity index (χ0v) is 9.78. The van der Waals surface area contributed by atoms with E-state index in [-0.39, 0.29) is 5.82 Å². The fourth-order valence-corrected chi connectivity index (χ4v) is 1.77. The third-order valence-electron chi connectivity index (χ3n) is 2.64. The van der Waals surface area contributed by atoms with Crippen LogP contribution in [0.4, 0.5) is 4.39 Å². The second-order valence-electron chi connectivity index (χ2n) is 3.99. The molecule has 0 aliphatic carbocycles. The van der Waals surface area contributed by atoms with Gasteiger partial charge in [-0.15, -0.1) is 0 Å². The fourth-order valence-electron chi connectivity index (χ4n) is 1.77. The van der Waals surface area contributed by atoms with Gasteiger partial charge in [-0.2, -0.15) is 0 Å². The molecule has 0 atom stereocenters. The van der Waals surface area contributed by atoms with E-state index in [9.17, 15) is 4.39 Å². The smallest absolute Gasteiger partial charge is 0.127 e. The Kier molecular flexibility index (Phi) is 3.83. The molecule has 2 aromatic rings. The number of halogens is 1. The highest BCUT2D eigenvalue weighted by molar-refractivity contribution is 5.29. The summed E-state index contributed by atoms with van der Waals surface area (Å²) in [6.07, 6.45) is 4.05. The number of pyridine rings is 1. The van der Waals surface area contributed by atoms with Gasteiger partial charge in [0.1, 0.15) is 5.82 Å². The normalized spacial score (nSPS) is 10.5. The Morgan fingerprint density at radius 2 is 1.88 bits per heavy atom. The maximum atomic E-state index is 13.8. The summed E-state index contributed by atoms with van der Waals surface area (Å²) in [5, 5.41) is 3.01. The van der Waals surface area contributed by atoms with Crippen molar-refractivity contribution in [1.29, 1.82) is 0 Å². The van der Waals surface area contributed by atoms with E-state index in [4.69, 9.17) is 0 Å². The van der Waals surface area contributed by atoms with Crippen LogP contribution in [0.5, 0.6) is 0 Å². The van der Waals surface area contributed by atoms with Gasteiger partial charge in [0.25, 0.3) is 0 Å². The minimum absolute atomic E-state index is 0.144. The molecule has 0 saturated heterocycles. The van der Waals surface area contributed by atoms with Crippen LogP contribution in [0.3, 0.4) is 0 Å². The largest absolute Gasteiger partial charge is 0.316 e. The molecule has 1 N–H and O–H groups in total. The molecule has 0 saturated carbocycles. The first-order valence-electron chi connectivity index (χ1n) is 5.60. The highest BCUT2D eigenvalue weighted by Crippen LogP contribution is 2.14. The van der Waals surface area contributed by atoms with E-state index >= 15 is 0 Å². The molecular weight excluding hydrogens is 215 g/mol. The van der Waals surface area contributed by atoms with Gasteiger partial charge in [-0.05, 0) is 41.9 Å². The lowest BCUT2D eigenvalue weighted by Gasteiger charge is -2.06. The van der Waals surface area contributed by atoms with Crippen LogP contribution in [0.1, 0.15) is 16.7 Å². The van der Waals surface area contributed by atoms with Crippen molar-refractivity contribution in [3.05, 3.63) is 65.2 Å². The number of benzene rings is 1. The molecule has 0 aliphatic heterocycles. The zero-order chi connectivity index (χ0) is 12.1. The van der Waals surface area contributed by atoms with Crippen molar-refractivity contribution in [2.24, 2.45) is 0 Å². The van der Waals surface area contributed by atoms with E-state index in [0.717, 1.165) is 16.7 Å². The molecule has 88 valence electrons. The summed E-state index contributed by atoms with van der Waals surface area (Å²) in [5.74, 6) is -0.144. The highest BCUT2D eigenvalue weighted by atomic mass is 19.1. The molecule has 2 nitrogen and oxygen atoms in total. The molecule has 0 aliphatic rings. The van der Waals surface area contributed by atoms with Gasteiger partial charge in [0.05, 0.1) is 0 Å². The molecule has 0 bridgehead atoms. The molecule has 0 fully saturated rings. The van der Waals surface area contributed by atoms with Crippen molar-refractivity contribution in [2.45, 2.75) is 13.0 Å². The van der Waals surface area contributed by atoms with Crippen LogP contribution >= 0.6 is 0 Å². The zero-order valence-electron chi connectivity index (χ0n) is 9.78. The van der Waals surface area contributed by atoms with E-state index in [0.29, 0.717) is 13.0 Å². The number of hydrogen-bond donors (Lipinski definition) is 1. The topological polar surface area (TPSA) is 24.9 Å². The van der Waals surface area contributed by atoms with Gasteiger partial charge >= 0.3 is 0 Å². The van der Waals surface area contributed by atoms with Gasteiger partial charge in [-0.1, -0.05) is 12.1 Å². The SMILES string of the molecule is CNCc1ccc(Cc2ccncc2)c(F)c1. The molecule has 1 aromatic heterocycles. The molecule has 17 heavy (non-hydrogen) atoms. The highest BCUT2D eigenvalue weighted by Gasteiger charge is 2.04. The summed E-state index contributed by atoms with van der Waals surface area (Å²) in [4.78, 5) is 3.95. The molecule has 1 aromatic carbocycles. The van der Waals surface area contributed by atoms with Crippen LogP contribution < -0.4 is 5.32 Å². The Bertz CT molecular complexity index is 483. The lowest BCUT2D eigenvalue weighted by molar-refractivity contribution is 0.610. The minimum Gasteiger partial charge on any atom is -0.316 e. The first kappa shape index (κ1) is 11.7. The Hall–Kier alpha value is -1.74. The van der Waals surface area contributed by atoms with Crippen molar-refractivity contribution < 1.29 is 4.39 Å². The maximum absolute atomic E-state index is 13.8. The van der Waals surface area contributed by atoms with Crippen molar-refractivity contribution in [2.75, 3.05) is 7.05 Å². The average molecular weight is 230 g/mol. The number of hydrogen-bond acceptors (Lipinski definition) is 2. The first-order valence-corrected chi connectivity index (χ1v) is 5.60.